The molecule has 3 rings (SSSR count). The predicted molar refractivity (Wildman–Crippen MR) is 89.3 cm³/mol. The van der Waals surface area contributed by atoms with Crippen LogP contribution in [0.2, 0.25) is 0 Å². The quantitative estimate of drug-likeness (QED) is 0.482. The molecule has 0 N–H and O–H groups in total. The summed E-state index contributed by atoms with van der Waals surface area (Å²) in [6.07, 6.45) is 1.89. The summed E-state index contributed by atoms with van der Waals surface area (Å²) in [7, 11) is 0. The van der Waals surface area contributed by atoms with Crippen molar-refractivity contribution in [3.63, 3.8) is 0 Å². The summed E-state index contributed by atoms with van der Waals surface area (Å²) in [4.78, 5) is 29.1. The first-order valence-corrected chi connectivity index (χ1v) is 8.33. The number of benzene rings is 1. The highest BCUT2D eigenvalue weighted by Gasteiger charge is 2.32. The number of rotatable bonds is 4. The van der Waals surface area contributed by atoms with Gasteiger partial charge in [-0.15, -0.1) is 11.3 Å². The number of Topliss-reactive ketones (excluding diaryl/α,β-unsaturated/α-hetero) is 1. The molecule has 1 aliphatic rings. The number of carbonyl (C=O) groups is 1. The molecule has 1 fully saturated rings. The van der Waals surface area contributed by atoms with Crippen LogP contribution in [0.15, 0.2) is 23.6 Å². The highest BCUT2D eigenvalue weighted by Crippen LogP contribution is 2.40. The first kappa shape index (κ1) is 15.6. The number of aryl methyl sites for hydroxylation is 1. The summed E-state index contributed by atoms with van der Waals surface area (Å²) in [5.41, 5.74) is 1.88. The number of hydrogen-bond donors (Lipinski definition) is 0. The third-order valence-electron chi connectivity index (χ3n) is 4.12. The van der Waals surface area contributed by atoms with Crippen molar-refractivity contribution >= 4 is 28.5 Å². The molecular weight excluding hydrogens is 314 g/mol. The van der Waals surface area contributed by atoms with Crippen LogP contribution >= 0.6 is 11.3 Å². The van der Waals surface area contributed by atoms with Crippen molar-refractivity contribution < 1.29 is 9.72 Å². The van der Waals surface area contributed by atoms with Crippen LogP contribution in [0, 0.1) is 17.0 Å². The van der Waals surface area contributed by atoms with Crippen molar-refractivity contribution in [1.82, 2.24) is 4.98 Å². The summed E-state index contributed by atoms with van der Waals surface area (Å²) in [6.45, 7) is 4.12. The van der Waals surface area contributed by atoms with Gasteiger partial charge >= 0.3 is 0 Å². The Balaban J connectivity index is 2.02. The van der Waals surface area contributed by atoms with Gasteiger partial charge in [-0.2, -0.15) is 0 Å². The van der Waals surface area contributed by atoms with Gasteiger partial charge in [-0.1, -0.05) is 0 Å². The van der Waals surface area contributed by atoms with Crippen LogP contribution in [-0.4, -0.2) is 22.2 Å². The number of thiazole rings is 1. The molecule has 120 valence electrons. The zero-order valence-electron chi connectivity index (χ0n) is 13.0. The number of nitro benzene ring substituents is 1. The molecule has 1 atom stereocenters. The molecule has 1 saturated heterocycles. The van der Waals surface area contributed by atoms with Gasteiger partial charge in [-0.3, -0.25) is 14.9 Å². The topological polar surface area (TPSA) is 76.3 Å². The fraction of sp³-hybridized carbons (Fsp3) is 0.375. The van der Waals surface area contributed by atoms with E-state index in [1.807, 2.05) is 17.2 Å². The lowest BCUT2D eigenvalue weighted by Gasteiger charge is -2.25. The fourth-order valence-electron chi connectivity index (χ4n) is 3.03. The monoisotopic (exact) mass is 331 g/mol. The average molecular weight is 331 g/mol. The van der Waals surface area contributed by atoms with Crippen LogP contribution < -0.4 is 4.90 Å². The SMILES string of the molecule is CC(=O)c1ccc(N2CCC[C@@H]2c2csc(C)n2)c([N+](=O)[O-])c1. The first-order valence-electron chi connectivity index (χ1n) is 7.45. The first-order chi connectivity index (χ1) is 11.0. The summed E-state index contributed by atoms with van der Waals surface area (Å²) < 4.78 is 0. The van der Waals surface area contributed by atoms with Gasteiger partial charge in [0.1, 0.15) is 5.69 Å². The minimum absolute atomic E-state index is 0.0171. The lowest BCUT2D eigenvalue weighted by molar-refractivity contribution is -0.384. The highest BCUT2D eigenvalue weighted by atomic mass is 32.1. The third-order valence-corrected chi connectivity index (χ3v) is 4.91. The summed E-state index contributed by atoms with van der Waals surface area (Å²) in [5, 5.41) is 14.5. The molecule has 23 heavy (non-hydrogen) atoms. The van der Waals surface area contributed by atoms with Gasteiger partial charge in [-0.25, -0.2) is 4.98 Å². The van der Waals surface area contributed by atoms with Crippen molar-refractivity contribution in [2.75, 3.05) is 11.4 Å². The van der Waals surface area contributed by atoms with Gasteiger partial charge in [-0.05, 0) is 38.8 Å². The molecule has 1 aliphatic heterocycles. The van der Waals surface area contributed by atoms with E-state index >= 15 is 0 Å². The maximum Gasteiger partial charge on any atom is 0.293 e. The Labute approximate surface area is 137 Å². The van der Waals surface area contributed by atoms with Gasteiger partial charge in [0, 0.05) is 23.6 Å². The Morgan fingerprint density at radius 1 is 1.48 bits per heavy atom. The zero-order valence-corrected chi connectivity index (χ0v) is 13.8. The van der Waals surface area contributed by atoms with Crippen LogP contribution in [-0.2, 0) is 0 Å². The number of ketones is 1. The second kappa shape index (κ2) is 6.08. The smallest absolute Gasteiger partial charge is 0.293 e. The zero-order chi connectivity index (χ0) is 16.6. The molecule has 6 nitrogen and oxygen atoms in total. The molecule has 0 amide bonds. The molecule has 0 saturated carbocycles. The molecule has 2 heterocycles. The fourth-order valence-corrected chi connectivity index (χ4v) is 3.69. The molecule has 0 spiro atoms. The molecule has 1 aromatic heterocycles. The summed E-state index contributed by atoms with van der Waals surface area (Å²) >= 11 is 1.59. The Bertz CT molecular complexity index is 772. The molecule has 1 aromatic carbocycles. The molecule has 0 radical (unpaired) electrons. The van der Waals surface area contributed by atoms with E-state index in [4.69, 9.17) is 0 Å². The van der Waals surface area contributed by atoms with Crippen LogP contribution in [0.1, 0.15) is 46.9 Å². The van der Waals surface area contributed by atoms with Crippen molar-refractivity contribution in [3.05, 3.63) is 50.0 Å². The Hall–Kier alpha value is -2.28. The number of anilines is 1. The van der Waals surface area contributed by atoms with Crippen molar-refractivity contribution in [2.24, 2.45) is 0 Å². The average Bonchev–Trinajstić information content (AvgIpc) is 3.14. The van der Waals surface area contributed by atoms with E-state index in [-0.39, 0.29) is 17.5 Å². The van der Waals surface area contributed by atoms with E-state index in [1.165, 1.54) is 13.0 Å². The minimum Gasteiger partial charge on any atom is -0.357 e. The van der Waals surface area contributed by atoms with Crippen LogP contribution in [0.3, 0.4) is 0 Å². The molecule has 0 bridgehead atoms. The Morgan fingerprint density at radius 3 is 2.87 bits per heavy atom. The largest absolute Gasteiger partial charge is 0.357 e. The molecular formula is C16H17N3O3S. The maximum atomic E-state index is 11.5. The molecule has 7 heteroatoms. The predicted octanol–water partition coefficient (Wildman–Crippen LogP) is 3.90. The number of aromatic nitrogens is 1. The van der Waals surface area contributed by atoms with Gasteiger partial charge in [0.25, 0.3) is 5.69 Å². The van der Waals surface area contributed by atoms with Crippen molar-refractivity contribution in [2.45, 2.75) is 32.7 Å². The van der Waals surface area contributed by atoms with E-state index in [0.29, 0.717) is 11.3 Å². The summed E-state index contributed by atoms with van der Waals surface area (Å²) in [5.74, 6) is -0.173. The highest BCUT2D eigenvalue weighted by molar-refractivity contribution is 7.09. The lowest BCUT2D eigenvalue weighted by Crippen LogP contribution is -2.23. The van der Waals surface area contributed by atoms with E-state index in [2.05, 4.69) is 4.98 Å². The second-order valence-electron chi connectivity index (χ2n) is 5.66. The molecule has 0 aliphatic carbocycles. The van der Waals surface area contributed by atoms with Crippen molar-refractivity contribution in [1.29, 1.82) is 0 Å². The third kappa shape index (κ3) is 2.96. The van der Waals surface area contributed by atoms with Crippen LogP contribution in [0.4, 0.5) is 11.4 Å². The van der Waals surface area contributed by atoms with E-state index < -0.39 is 4.92 Å². The number of carbonyl (C=O) groups excluding carboxylic acids is 1. The van der Waals surface area contributed by atoms with E-state index in [0.717, 1.165) is 30.1 Å². The van der Waals surface area contributed by atoms with Crippen LogP contribution in [0.25, 0.3) is 0 Å². The number of hydrogen-bond acceptors (Lipinski definition) is 6. The Morgan fingerprint density at radius 2 is 2.26 bits per heavy atom. The maximum absolute atomic E-state index is 11.5. The standard InChI is InChI=1S/C16H17N3O3S/c1-10(20)12-5-6-15(16(8-12)19(21)22)18-7-3-4-14(18)13-9-23-11(2)17-13/h5-6,8-9,14H,3-4,7H2,1-2H3/t14-/m1/s1. The van der Waals surface area contributed by atoms with Gasteiger partial charge in [0.05, 0.1) is 21.7 Å². The number of nitro groups is 1. The van der Waals surface area contributed by atoms with Crippen LogP contribution in [0.5, 0.6) is 0 Å². The second-order valence-corrected chi connectivity index (χ2v) is 6.72. The van der Waals surface area contributed by atoms with E-state index in [1.54, 1.807) is 23.5 Å². The van der Waals surface area contributed by atoms with E-state index in [9.17, 15) is 14.9 Å². The Kier molecular flexibility index (Phi) is 4.12. The molecule has 2 aromatic rings. The van der Waals surface area contributed by atoms with Gasteiger partial charge in [0.15, 0.2) is 5.78 Å². The normalized spacial score (nSPS) is 17.5. The van der Waals surface area contributed by atoms with Gasteiger partial charge < -0.3 is 4.90 Å². The summed E-state index contributed by atoms with van der Waals surface area (Å²) in [6, 6.07) is 4.78. The molecule has 0 unspecified atom stereocenters. The van der Waals surface area contributed by atoms with Gasteiger partial charge in [0.2, 0.25) is 0 Å². The number of nitrogens with zero attached hydrogens (tertiary/aromatic N) is 3. The minimum atomic E-state index is -0.413. The van der Waals surface area contributed by atoms with Crippen molar-refractivity contribution in [3.8, 4) is 0 Å². The lowest BCUT2D eigenvalue weighted by atomic mass is 10.1.